The van der Waals surface area contributed by atoms with Crippen LogP contribution in [-0.4, -0.2) is 36.1 Å². The number of halogens is 1. The molecular formula is C23H21FN4O. The molecule has 6 heteroatoms. The first-order valence-electron chi connectivity index (χ1n) is 9.76. The number of piperazine rings is 1. The number of anilines is 2. The lowest BCUT2D eigenvalue weighted by Crippen LogP contribution is -2.47. The minimum absolute atomic E-state index is 0.177. The number of benzene rings is 2. The lowest BCUT2D eigenvalue weighted by Gasteiger charge is -2.37. The number of hydrogen-bond donors (Lipinski definition) is 0. The fourth-order valence-electron chi connectivity index (χ4n) is 3.85. The van der Waals surface area contributed by atoms with Crippen LogP contribution in [0.3, 0.4) is 0 Å². The fraction of sp³-hybridized carbons (Fsp3) is 0.217. The van der Waals surface area contributed by atoms with Crippen LogP contribution in [-0.2, 0) is 0 Å². The summed E-state index contributed by atoms with van der Waals surface area (Å²) in [5.74, 6) is 1.96. The summed E-state index contributed by atoms with van der Waals surface area (Å²) in [4.78, 5) is 13.9. The summed E-state index contributed by atoms with van der Waals surface area (Å²) in [5, 5.41) is 1.03. The van der Waals surface area contributed by atoms with Crippen molar-refractivity contribution in [3.63, 3.8) is 0 Å². The van der Waals surface area contributed by atoms with Gasteiger partial charge in [-0.25, -0.2) is 14.4 Å². The number of hydrogen-bond acceptors (Lipinski definition) is 5. The van der Waals surface area contributed by atoms with Gasteiger partial charge in [0.25, 0.3) is 0 Å². The summed E-state index contributed by atoms with van der Waals surface area (Å²) >= 11 is 0. The Hall–Kier alpha value is -3.41. The molecule has 0 bridgehead atoms. The van der Waals surface area contributed by atoms with Gasteiger partial charge in [-0.1, -0.05) is 23.8 Å². The van der Waals surface area contributed by atoms with Gasteiger partial charge in [-0.15, -0.1) is 0 Å². The normalized spacial score (nSPS) is 14.6. The van der Waals surface area contributed by atoms with E-state index in [1.165, 1.54) is 6.07 Å². The van der Waals surface area contributed by atoms with E-state index in [9.17, 15) is 4.39 Å². The zero-order valence-electron chi connectivity index (χ0n) is 16.2. The molecule has 0 spiro atoms. The van der Waals surface area contributed by atoms with Gasteiger partial charge >= 0.3 is 0 Å². The third kappa shape index (κ3) is 3.31. The minimum Gasteiger partial charge on any atom is -0.461 e. The van der Waals surface area contributed by atoms with Crippen LogP contribution in [0.4, 0.5) is 15.9 Å². The summed E-state index contributed by atoms with van der Waals surface area (Å²) in [6, 6.07) is 16.9. The maximum atomic E-state index is 14.2. The molecule has 0 radical (unpaired) electrons. The zero-order chi connectivity index (χ0) is 19.8. The summed E-state index contributed by atoms with van der Waals surface area (Å²) in [6.07, 6.45) is 1.63. The molecule has 3 heterocycles. The second kappa shape index (κ2) is 7.20. The van der Waals surface area contributed by atoms with Crippen molar-refractivity contribution in [2.24, 2.45) is 0 Å². The quantitative estimate of drug-likeness (QED) is 0.511. The van der Waals surface area contributed by atoms with Gasteiger partial charge in [0.2, 0.25) is 0 Å². The van der Waals surface area contributed by atoms with Crippen molar-refractivity contribution in [3.05, 3.63) is 72.2 Å². The molecule has 0 amide bonds. The number of fused-ring (bicyclic) bond motifs is 1. The molecule has 29 heavy (non-hydrogen) atoms. The molecule has 0 atom stereocenters. The topological polar surface area (TPSA) is 45.4 Å². The molecule has 2 aromatic heterocycles. The van der Waals surface area contributed by atoms with Gasteiger partial charge < -0.3 is 14.2 Å². The van der Waals surface area contributed by atoms with Gasteiger partial charge in [0.15, 0.2) is 11.6 Å². The molecule has 0 aliphatic carbocycles. The number of rotatable bonds is 3. The number of furan rings is 1. The van der Waals surface area contributed by atoms with Gasteiger partial charge in [0, 0.05) is 31.6 Å². The largest absolute Gasteiger partial charge is 0.461 e. The van der Waals surface area contributed by atoms with E-state index in [1.807, 2.05) is 30.3 Å². The predicted molar refractivity (Wildman–Crippen MR) is 113 cm³/mol. The molecule has 1 aliphatic heterocycles. The van der Waals surface area contributed by atoms with E-state index in [1.54, 1.807) is 12.3 Å². The second-order valence-electron chi connectivity index (χ2n) is 7.29. The standard InChI is InChI=1S/C23H21FN4O/c1-16-8-9-19-17(15-16)23(26-22(25-19)21-7-4-14-29-21)28-12-10-27(11-13-28)20-6-3-2-5-18(20)24/h2-9,14-15H,10-13H2,1H3. The molecule has 4 aromatic rings. The van der Waals surface area contributed by atoms with E-state index in [0.29, 0.717) is 17.3 Å². The fourth-order valence-corrected chi connectivity index (χ4v) is 3.85. The lowest BCUT2D eigenvalue weighted by molar-refractivity contribution is 0.576. The number of aromatic nitrogens is 2. The summed E-state index contributed by atoms with van der Waals surface area (Å²) in [6.45, 7) is 5.04. The van der Waals surface area contributed by atoms with E-state index >= 15 is 0 Å². The molecule has 146 valence electrons. The molecule has 1 aliphatic rings. The van der Waals surface area contributed by atoms with Crippen LogP contribution < -0.4 is 9.80 Å². The van der Waals surface area contributed by atoms with Gasteiger partial charge in [0.1, 0.15) is 11.6 Å². The minimum atomic E-state index is -0.177. The van der Waals surface area contributed by atoms with Crippen LogP contribution >= 0.6 is 0 Å². The van der Waals surface area contributed by atoms with Crippen LogP contribution in [0.15, 0.2) is 65.3 Å². The average Bonchev–Trinajstić information content (AvgIpc) is 3.29. The Morgan fingerprint density at radius 1 is 0.897 bits per heavy atom. The number of aryl methyl sites for hydroxylation is 1. The number of para-hydroxylation sites is 1. The van der Waals surface area contributed by atoms with Crippen LogP contribution in [0.5, 0.6) is 0 Å². The monoisotopic (exact) mass is 388 g/mol. The highest BCUT2D eigenvalue weighted by molar-refractivity contribution is 5.91. The molecule has 2 aromatic carbocycles. The Morgan fingerprint density at radius 3 is 2.45 bits per heavy atom. The Labute approximate surface area is 168 Å². The van der Waals surface area contributed by atoms with Gasteiger partial charge in [-0.3, -0.25) is 0 Å². The second-order valence-corrected chi connectivity index (χ2v) is 7.29. The average molecular weight is 388 g/mol. The maximum Gasteiger partial charge on any atom is 0.198 e. The molecule has 0 saturated carbocycles. The first-order chi connectivity index (χ1) is 14.2. The van der Waals surface area contributed by atoms with E-state index in [-0.39, 0.29) is 5.82 Å². The molecule has 1 fully saturated rings. The van der Waals surface area contributed by atoms with E-state index < -0.39 is 0 Å². The summed E-state index contributed by atoms with van der Waals surface area (Å²) in [7, 11) is 0. The van der Waals surface area contributed by atoms with Crippen LogP contribution in [0.25, 0.3) is 22.5 Å². The summed E-state index contributed by atoms with van der Waals surface area (Å²) < 4.78 is 19.7. The van der Waals surface area contributed by atoms with Crippen molar-refractivity contribution in [3.8, 4) is 11.6 Å². The highest BCUT2D eigenvalue weighted by Crippen LogP contribution is 2.30. The molecular weight excluding hydrogens is 367 g/mol. The Balaban J connectivity index is 1.50. The molecule has 0 N–H and O–H groups in total. The van der Waals surface area contributed by atoms with E-state index in [4.69, 9.17) is 14.4 Å². The third-order valence-electron chi connectivity index (χ3n) is 5.35. The van der Waals surface area contributed by atoms with Crippen molar-refractivity contribution in [1.82, 2.24) is 9.97 Å². The van der Waals surface area contributed by atoms with E-state index in [0.717, 1.165) is 48.5 Å². The maximum absolute atomic E-state index is 14.2. The van der Waals surface area contributed by atoms with Gasteiger partial charge in [-0.05, 0) is 43.3 Å². The molecule has 1 saturated heterocycles. The van der Waals surface area contributed by atoms with Crippen molar-refractivity contribution in [1.29, 1.82) is 0 Å². The van der Waals surface area contributed by atoms with Gasteiger partial charge in [0.05, 0.1) is 17.5 Å². The first-order valence-corrected chi connectivity index (χ1v) is 9.76. The molecule has 0 unspecified atom stereocenters. The predicted octanol–water partition coefficient (Wildman–Crippen LogP) is 4.66. The highest BCUT2D eigenvalue weighted by Gasteiger charge is 2.23. The highest BCUT2D eigenvalue weighted by atomic mass is 19.1. The third-order valence-corrected chi connectivity index (χ3v) is 5.35. The molecule has 5 nitrogen and oxygen atoms in total. The summed E-state index contributed by atoms with van der Waals surface area (Å²) in [5.41, 5.74) is 2.72. The Morgan fingerprint density at radius 2 is 1.69 bits per heavy atom. The molecule has 5 rings (SSSR count). The van der Waals surface area contributed by atoms with Crippen LogP contribution in [0.2, 0.25) is 0 Å². The number of nitrogens with zero attached hydrogens (tertiary/aromatic N) is 4. The first kappa shape index (κ1) is 17.7. The zero-order valence-corrected chi connectivity index (χ0v) is 16.2. The Kier molecular flexibility index (Phi) is 4.39. The van der Waals surface area contributed by atoms with E-state index in [2.05, 4.69) is 28.9 Å². The van der Waals surface area contributed by atoms with Crippen LogP contribution in [0, 0.1) is 12.7 Å². The van der Waals surface area contributed by atoms with Crippen molar-refractivity contribution >= 4 is 22.4 Å². The SMILES string of the molecule is Cc1ccc2nc(-c3ccco3)nc(N3CCN(c4ccccc4F)CC3)c2c1. The van der Waals surface area contributed by atoms with Gasteiger partial charge in [-0.2, -0.15) is 0 Å². The van der Waals surface area contributed by atoms with Crippen LogP contribution in [0.1, 0.15) is 5.56 Å². The van der Waals surface area contributed by atoms with Crippen molar-refractivity contribution in [2.45, 2.75) is 6.92 Å². The smallest absolute Gasteiger partial charge is 0.198 e. The Bertz CT molecular complexity index is 1150. The lowest BCUT2D eigenvalue weighted by atomic mass is 10.1. The van der Waals surface area contributed by atoms with Crippen molar-refractivity contribution in [2.75, 3.05) is 36.0 Å². The van der Waals surface area contributed by atoms with Crippen molar-refractivity contribution < 1.29 is 8.81 Å².